The molecule has 5 N–H and O–H groups in total. The first-order chi connectivity index (χ1) is 16.2. The fraction of sp³-hybridized carbons (Fsp3) is 0.333. The highest BCUT2D eigenvalue weighted by Gasteiger charge is 2.29. The van der Waals surface area contributed by atoms with Gasteiger partial charge in [0.05, 0.1) is 18.1 Å². The molecule has 1 saturated heterocycles. The molecule has 0 aromatic heterocycles. The number of benzene rings is 2. The van der Waals surface area contributed by atoms with E-state index in [2.05, 4.69) is 4.72 Å². The number of likely N-dealkylation sites (tertiary alicyclic amines) is 1. The summed E-state index contributed by atoms with van der Waals surface area (Å²) in [5.41, 5.74) is 8.48. The normalized spacial score (nSPS) is 18.0. The quantitative estimate of drug-likeness (QED) is 0.371. The van der Waals surface area contributed by atoms with Crippen LogP contribution in [0.2, 0.25) is 0 Å². The molecule has 180 valence electrons. The molecule has 2 aliphatic rings. The molecule has 0 saturated carbocycles. The summed E-state index contributed by atoms with van der Waals surface area (Å²) in [4.78, 5) is 2.04. The Balaban J connectivity index is 1.46. The van der Waals surface area contributed by atoms with Crippen LogP contribution in [0.25, 0.3) is 6.08 Å². The summed E-state index contributed by atoms with van der Waals surface area (Å²) in [6.07, 6.45) is 5.37. The third-order valence-corrected chi connectivity index (χ3v) is 7.49. The van der Waals surface area contributed by atoms with E-state index in [1.807, 2.05) is 35.2 Å². The number of nitrogens with two attached hydrogens (primary N) is 1. The van der Waals surface area contributed by atoms with Crippen molar-refractivity contribution in [1.82, 2.24) is 9.62 Å². The van der Waals surface area contributed by atoms with Crippen molar-refractivity contribution < 1.29 is 13.2 Å². The molecule has 0 radical (unpaired) electrons. The Kier molecular flexibility index (Phi) is 6.90. The van der Waals surface area contributed by atoms with Gasteiger partial charge in [0.25, 0.3) is 0 Å². The van der Waals surface area contributed by atoms with Crippen LogP contribution in [0.15, 0.2) is 48.5 Å². The lowest BCUT2D eigenvalue weighted by atomic mass is 10.1. The minimum absolute atomic E-state index is 0.0135. The molecule has 1 fully saturated rings. The van der Waals surface area contributed by atoms with Crippen LogP contribution in [0.3, 0.4) is 0 Å². The highest BCUT2D eigenvalue weighted by atomic mass is 32.2. The molecule has 34 heavy (non-hydrogen) atoms. The second-order valence-electron chi connectivity index (χ2n) is 8.48. The number of hydrogen-bond donors (Lipinski definition) is 4. The number of piperidine rings is 1. The largest absolute Gasteiger partial charge is 0.490 e. The molecule has 2 aromatic rings. The van der Waals surface area contributed by atoms with E-state index in [1.54, 1.807) is 31.2 Å². The number of ether oxygens (including phenoxy) is 1. The van der Waals surface area contributed by atoms with Gasteiger partial charge in [-0.3, -0.25) is 15.1 Å². The summed E-state index contributed by atoms with van der Waals surface area (Å²) in [6, 6.07) is 12.7. The maximum Gasteiger partial charge on any atom is 0.302 e. The van der Waals surface area contributed by atoms with Crippen LogP contribution < -0.4 is 19.5 Å². The van der Waals surface area contributed by atoms with Crippen molar-refractivity contribution in [1.29, 1.82) is 10.8 Å². The fourth-order valence-electron chi connectivity index (χ4n) is 4.19. The third kappa shape index (κ3) is 5.40. The van der Waals surface area contributed by atoms with E-state index in [1.165, 1.54) is 4.31 Å². The van der Waals surface area contributed by atoms with Gasteiger partial charge in [-0.1, -0.05) is 30.4 Å². The number of anilines is 1. The summed E-state index contributed by atoms with van der Waals surface area (Å²) >= 11 is 0. The Hall–Kier alpha value is -3.37. The predicted octanol–water partition coefficient (Wildman–Crippen LogP) is 2.68. The Morgan fingerprint density at radius 1 is 1.21 bits per heavy atom. The van der Waals surface area contributed by atoms with E-state index in [-0.39, 0.29) is 25.0 Å². The second-order valence-corrected chi connectivity index (χ2v) is 10.2. The van der Waals surface area contributed by atoms with Crippen LogP contribution in [0.5, 0.6) is 5.75 Å². The predicted molar refractivity (Wildman–Crippen MR) is 135 cm³/mol. The molecule has 0 unspecified atom stereocenters. The molecular formula is C24H30N6O3S. The summed E-state index contributed by atoms with van der Waals surface area (Å²) in [7, 11) is -3.66. The average Bonchev–Trinajstić information content (AvgIpc) is 2.81. The summed E-state index contributed by atoms with van der Waals surface area (Å²) in [5.74, 6) is 1.29. The minimum Gasteiger partial charge on any atom is -0.490 e. The van der Waals surface area contributed by atoms with E-state index in [9.17, 15) is 8.42 Å². The summed E-state index contributed by atoms with van der Waals surface area (Å²) < 4.78 is 35.5. The molecular weight excluding hydrogens is 452 g/mol. The van der Waals surface area contributed by atoms with Crippen LogP contribution in [-0.2, 0) is 16.8 Å². The van der Waals surface area contributed by atoms with E-state index < -0.39 is 10.2 Å². The third-order valence-electron chi connectivity index (χ3n) is 6.05. The molecule has 4 rings (SSSR count). The topological polar surface area (TPSA) is 136 Å². The number of nitrogens with zero attached hydrogens (tertiary/aromatic N) is 2. The number of amidine groups is 2. The second kappa shape index (κ2) is 9.86. The Bertz CT molecular complexity index is 1220. The maximum atomic E-state index is 12.7. The van der Waals surface area contributed by atoms with Gasteiger partial charge >= 0.3 is 10.2 Å². The monoisotopic (exact) mass is 482 g/mol. The van der Waals surface area contributed by atoms with Gasteiger partial charge in [-0.25, -0.2) is 0 Å². The molecule has 2 aliphatic heterocycles. The number of rotatable bonds is 6. The van der Waals surface area contributed by atoms with Crippen LogP contribution in [0.4, 0.5) is 5.69 Å². The minimum atomic E-state index is -3.66. The van der Waals surface area contributed by atoms with Gasteiger partial charge in [-0.05, 0) is 42.3 Å². The van der Waals surface area contributed by atoms with E-state index >= 15 is 0 Å². The van der Waals surface area contributed by atoms with Crippen molar-refractivity contribution in [2.75, 3.05) is 23.9 Å². The molecule has 0 amide bonds. The van der Waals surface area contributed by atoms with Gasteiger partial charge in [0.1, 0.15) is 17.7 Å². The zero-order valence-electron chi connectivity index (χ0n) is 19.1. The first-order valence-electron chi connectivity index (χ1n) is 11.2. The van der Waals surface area contributed by atoms with E-state index in [0.29, 0.717) is 17.1 Å². The maximum absolute atomic E-state index is 12.7. The first kappa shape index (κ1) is 23.8. The molecule has 0 atom stereocenters. The molecule has 9 nitrogen and oxygen atoms in total. The van der Waals surface area contributed by atoms with Crippen molar-refractivity contribution in [3.05, 3.63) is 65.2 Å². The molecule has 0 bridgehead atoms. The Morgan fingerprint density at radius 2 is 1.97 bits per heavy atom. The van der Waals surface area contributed by atoms with Gasteiger partial charge in [-0.15, -0.1) is 0 Å². The van der Waals surface area contributed by atoms with E-state index in [4.69, 9.17) is 21.3 Å². The molecule has 10 heteroatoms. The van der Waals surface area contributed by atoms with Gasteiger partial charge in [0.2, 0.25) is 0 Å². The molecule has 0 aliphatic carbocycles. The lowest BCUT2D eigenvalue weighted by Gasteiger charge is -2.33. The molecule has 2 aromatic carbocycles. The van der Waals surface area contributed by atoms with Crippen molar-refractivity contribution in [3.63, 3.8) is 0 Å². The van der Waals surface area contributed by atoms with Gasteiger partial charge < -0.3 is 15.4 Å². The van der Waals surface area contributed by atoms with Crippen LogP contribution in [0.1, 0.15) is 36.5 Å². The number of nitrogens with one attached hydrogen (secondary N) is 3. The van der Waals surface area contributed by atoms with Gasteiger partial charge in [0.15, 0.2) is 0 Å². The molecule has 2 heterocycles. The smallest absolute Gasteiger partial charge is 0.302 e. The highest BCUT2D eigenvalue weighted by Crippen LogP contribution is 2.31. The van der Waals surface area contributed by atoms with Crippen molar-refractivity contribution in [2.45, 2.75) is 32.4 Å². The summed E-state index contributed by atoms with van der Waals surface area (Å²) in [6.45, 7) is 3.78. The number of fused-ring (bicyclic) bond motifs is 1. The van der Waals surface area contributed by atoms with Crippen LogP contribution in [-0.4, -0.2) is 50.7 Å². The standard InChI is InChI=1S/C24H30N6O3S/c1-17(25)29-12-9-21(10-13-29)33-22-7-8-23-20(15-22)16-28-34(31,32)30(23)11-3-5-18-4-2-6-19(14-18)24(26)27/h2-8,14-15,21,25,28H,9-13,16H2,1H3,(H3,26,27)/b5-3-,25-17?. The van der Waals surface area contributed by atoms with Gasteiger partial charge in [0, 0.05) is 38.0 Å². The highest BCUT2D eigenvalue weighted by molar-refractivity contribution is 7.91. The van der Waals surface area contributed by atoms with Crippen molar-refractivity contribution in [2.24, 2.45) is 5.73 Å². The molecule has 0 spiro atoms. The average molecular weight is 483 g/mol. The van der Waals surface area contributed by atoms with Crippen LogP contribution >= 0.6 is 0 Å². The van der Waals surface area contributed by atoms with Gasteiger partial charge in [-0.2, -0.15) is 13.1 Å². The zero-order chi connectivity index (χ0) is 24.3. The Morgan fingerprint density at radius 3 is 2.68 bits per heavy atom. The van der Waals surface area contributed by atoms with Crippen molar-refractivity contribution in [3.8, 4) is 5.75 Å². The number of hydrogen-bond acceptors (Lipinski definition) is 5. The summed E-state index contributed by atoms with van der Waals surface area (Å²) in [5, 5.41) is 15.3. The van der Waals surface area contributed by atoms with Crippen LogP contribution in [0, 0.1) is 10.8 Å². The zero-order valence-corrected chi connectivity index (χ0v) is 19.9. The van der Waals surface area contributed by atoms with Crippen molar-refractivity contribution >= 4 is 33.6 Å². The number of nitrogen functional groups attached to an aromatic ring is 1. The fourth-order valence-corrected chi connectivity index (χ4v) is 5.40. The lowest BCUT2D eigenvalue weighted by molar-refractivity contribution is 0.130. The SMILES string of the molecule is CC(=N)N1CCC(Oc2ccc3c(c2)CNS(=O)(=O)N3C/C=C\c2cccc(C(=N)N)c2)CC1. The lowest BCUT2D eigenvalue weighted by Crippen LogP contribution is -2.44. The first-order valence-corrected chi connectivity index (χ1v) is 12.6. The Labute approximate surface area is 200 Å². The van der Waals surface area contributed by atoms with E-state index in [0.717, 1.165) is 42.8 Å².